The lowest BCUT2D eigenvalue weighted by Crippen LogP contribution is -2.26. The summed E-state index contributed by atoms with van der Waals surface area (Å²) < 4.78 is 6.37. The third-order valence-electron chi connectivity index (χ3n) is 13.3. The van der Waals surface area contributed by atoms with E-state index in [2.05, 4.69) is 223 Å². The topological polar surface area (TPSA) is 16.4 Å². The van der Waals surface area contributed by atoms with Gasteiger partial charge in [-0.1, -0.05) is 182 Å². The summed E-state index contributed by atoms with van der Waals surface area (Å²) in [5, 5.41) is 4.75. The largest absolute Gasteiger partial charge is 0.456 e. The number of fused-ring (bicyclic) bond motifs is 14. The zero-order chi connectivity index (χ0) is 40.1. The van der Waals surface area contributed by atoms with Gasteiger partial charge in [0.25, 0.3) is 0 Å². The Balaban J connectivity index is 1.06. The number of hydrogen-bond acceptors (Lipinski definition) is 2. The fourth-order valence-electron chi connectivity index (χ4n) is 10.8. The number of nitrogens with zero attached hydrogens (tertiary/aromatic N) is 1. The molecule has 2 heteroatoms. The van der Waals surface area contributed by atoms with Gasteiger partial charge in [-0.3, -0.25) is 0 Å². The number of para-hydroxylation sites is 1. The molecule has 0 fully saturated rings. The van der Waals surface area contributed by atoms with Crippen LogP contribution in [-0.4, -0.2) is 0 Å². The summed E-state index contributed by atoms with van der Waals surface area (Å²) in [6, 6.07) is 82.3. The summed E-state index contributed by atoms with van der Waals surface area (Å²) in [7, 11) is 0. The van der Waals surface area contributed by atoms with Gasteiger partial charge in [-0.2, -0.15) is 0 Å². The normalized spacial score (nSPS) is 13.0. The fourth-order valence-corrected chi connectivity index (χ4v) is 10.8. The maximum Gasteiger partial charge on any atom is 0.136 e. The predicted octanol–water partition coefficient (Wildman–Crippen LogP) is 15.9. The summed E-state index contributed by atoms with van der Waals surface area (Å²) >= 11 is 0. The Kier molecular flexibility index (Phi) is 7.26. The first-order valence-electron chi connectivity index (χ1n) is 21.1. The van der Waals surface area contributed by atoms with E-state index in [1.165, 1.54) is 66.4 Å². The van der Waals surface area contributed by atoms with Gasteiger partial charge in [0, 0.05) is 27.7 Å². The SMILES string of the molecule is c1cc(-c2cccc3oc4ccccc4c23)cc(N(c2ccc(-c3cccc4ccccc34)cc2)c2cccc3c2-c2ccccc2C32c3ccccc3-c3ccccc32)c1. The molecule has 0 amide bonds. The third kappa shape index (κ3) is 4.79. The van der Waals surface area contributed by atoms with Crippen LogP contribution in [0.3, 0.4) is 0 Å². The smallest absolute Gasteiger partial charge is 0.136 e. The molecule has 0 unspecified atom stereocenters. The Bertz CT molecular complexity index is 3500. The molecule has 0 saturated heterocycles. The Hall–Kier alpha value is -7.94. The van der Waals surface area contributed by atoms with Crippen molar-refractivity contribution in [2.24, 2.45) is 0 Å². The van der Waals surface area contributed by atoms with Crippen molar-refractivity contribution in [1.29, 1.82) is 0 Å². The molecule has 0 atom stereocenters. The second kappa shape index (κ2) is 13.0. The standard InChI is InChI=1S/C59H37NO/c1-2-19-43-38(15-1)16-12-24-44(43)39-33-35-41(36-34-39)60(42-18-11-17-40(37-42)45-25-13-32-56-57(45)49-23-6-10-31-55(49)61-56)54-30-14-29-53-58(54)48-22-5-9-28-52(48)59(53)50-26-7-3-20-46(50)47-21-4-8-27-51(47)59/h1-37H. The van der Waals surface area contributed by atoms with Crippen molar-refractivity contribution < 1.29 is 4.42 Å². The van der Waals surface area contributed by atoms with Crippen molar-refractivity contribution in [3.8, 4) is 44.5 Å². The van der Waals surface area contributed by atoms with Gasteiger partial charge in [0.15, 0.2) is 0 Å². The molecule has 1 spiro atoms. The summed E-state index contributed by atoms with van der Waals surface area (Å²) in [5.41, 5.74) is 19.8. The van der Waals surface area contributed by atoms with Gasteiger partial charge in [0.1, 0.15) is 11.2 Å². The molecule has 1 heterocycles. The molecule has 2 nitrogen and oxygen atoms in total. The van der Waals surface area contributed by atoms with E-state index in [-0.39, 0.29) is 0 Å². The number of rotatable bonds is 5. The molecule has 2 aliphatic carbocycles. The summed E-state index contributed by atoms with van der Waals surface area (Å²) in [4.78, 5) is 2.48. The first kappa shape index (κ1) is 34.0. The molecule has 0 aliphatic heterocycles. The van der Waals surface area contributed by atoms with Gasteiger partial charge in [-0.15, -0.1) is 0 Å². The molecule has 0 bridgehead atoms. The highest BCUT2D eigenvalue weighted by molar-refractivity contribution is 6.12. The highest BCUT2D eigenvalue weighted by Gasteiger charge is 2.52. The molecule has 0 N–H and O–H groups in total. The number of anilines is 3. The van der Waals surface area contributed by atoms with Crippen LogP contribution in [-0.2, 0) is 5.41 Å². The monoisotopic (exact) mass is 775 g/mol. The molecule has 0 radical (unpaired) electrons. The van der Waals surface area contributed by atoms with E-state index in [1.807, 2.05) is 6.07 Å². The van der Waals surface area contributed by atoms with E-state index in [0.717, 1.165) is 50.1 Å². The average Bonchev–Trinajstić information content (AvgIpc) is 3.97. The quantitative estimate of drug-likeness (QED) is 0.173. The van der Waals surface area contributed by atoms with Crippen LogP contribution < -0.4 is 4.90 Å². The van der Waals surface area contributed by atoms with Crippen LogP contribution in [0.5, 0.6) is 0 Å². The maximum absolute atomic E-state index is 6.37. The average molecular weight is 776 g/mol. The van der Waals surface area contributed by atoms with Crippen LogP contribution in [0.1, 0.15) is 22.3 Å². The van der Waals surface area contributed by atoms with Crippen LogP contribution in [0.15, 0.2) is 229 Å². The van der Waals surface area contributed by atoms with Crippen molar-refractivity contribution >= 4 is 49.8 Å². The van der Waals surface area contributed by atoms with E-state index in [1.54, 1.807) is 0 Å². The van der Waals surface area contributed by atoms with Crippen LogP contribution in [0.4, 0.5) is 17.1 Å². The van der Waals surface area contributed by atoms with E-state index in [9.17, 15) is 0 Å². The Morgan fingerprint density at radius 2 is 0.902 bits per heavy atom. The Labute approximate surface area is 354 Å². The van der Waals surface area contributed by atoms with Crippen LogP contribution in [0, 0.1) is 0 Å². The third-order valence-corrected chi connectivity index (χ3v) is 13.3. The lowest BCUT2D eigenvalue weighted by atomic mass is 9.70. The minimum Gasteiger partial charge on any atom is -0.456 e. The molecular formula is C59H37NO. The fraction of sp³-hybridized carbons (Fsp3) is 0.0169. The second-order valence-corrected chi connectivity index (χ2v) is 16.3. The van der Waals surface area contributed by atoms with Gasteiger partial charge in [0.2, 0.25) is 0 Å². The first-order chi connectivity index (χ1) is 30.3. The van der Waals surface area contributed by atoms with Crippen molar-refractivity contribution in [1.82, 2.24) is 0 Å². The van der Waals surface area contributed by atoms with E-state index < -0.39 is 5.41 Å². The molecule has 13 rings (SSSR count). The number of furan rings is 1. The van der Waals surface area contributed by atoms with E-state index >= 15 is 0 Å². The lowest BCUT2D eigenvalue weighted by molar-refractivity contribution is 0.669. The molecular weight excluding hydrogens is 739 g/mol. The molecule has 11 aromatic rings. The van der Waals surface area contributed by atoms with Crippen molar-refractivity contribution in [2.45, 2.75) is 5.41 Å². The summed E-state index contributed by atoms with van der Waals surface area (Å²) in [6.45, 7) is 0. The van der Waals surface area contributed by atoms with Crippen LogP contribution >= 0.6 is 0 Å². The van der Waals surface area contributed by atoms with Crippen molar-refractivity contribution in [3.05, 3.63) is 247 Å². The Morgan fingerprint density at radius 3 is 1.70 bits per heavy atom. The van der Waals surface area contributed by atoms with Crippen LogP contribution in [0.25, 0.3) is 77.2 Å². The highest BCUT2D eigenvalue weighted by atomic mass is 16.3. The Morgan fingerprint density at radius 1 is 0.344 bits per heavy atom. The van der Waals surface area contributed by atoms with Gasteiger partial charge >= 0.3 is 0 Å². The highest BCUT2D eigenvalue weighted by Crippen LogP contribution is 2.64. The van der Waals surface area contributed by atoms with Crippen molar-refractivity contribution in [3.63, 3.8) is 0 Å². The molecule has 0 saturated carbocycles. The van der Waals surface area contributed by atoms with E-state index in [0.29, 0.717) is 0 Å². The predicted molar refractivity (Wildman–Crippen MR) is 253 cm³/mol. The molecule has 61 heavy (non-hydrogen) atoms. The zero-order valence-corrected chi connectivity index (χ0v) is 33.2. The molecule has 10 aromatic carbocycles. The summed E-state index contributed by atoms with van der Waals surface area (Å²) in [5.74, 6) is 0. The first-order valence-corrected chi connectivity index (χ1v) is 21.1. The minimum absolute atomic E-state index is 0.446. The second-order valence-electron chi connectivity index (χ2n) is 16.3. The summed E-state index contributed by atoms with van der Waals surface area (Å²) in [6.07, 6.45) is 0. The van der Waals surface area contributed by atoms with Gasteiger partial charge < -0.3 is 9.32 Å². The van der Waals surface area contributed by atoms with Gasteiger partial charge in [-0.05, 0) is 114 Å². The maximum atomic E-state index is 6.37. The molecule has 2 aliphatic rings. The lowest BCUT2D eigenvalue weighted by Gasteiger charge is -2.32. The van der Waals surface area contributed by atoms with Crippen LogP contribution in [0.2, 0.25) is 0 Å². The molecule has 284 valence electrons. The minimum atomic E-state index is -0.446. The van der Waals surface area contributed by atoms with Gasteiger partial charge in [0.05, 0.1) is 11.1 Å². The zero-order valence-electron chi connectivity index (χ0n) is 33.2. The number of hydrogen-bond donors (Lipinski definition) is 0. The van der Waals surface area contributed by atoms with Crippen molar-refractivity contribution in [2.75, 3.05) is 4.90 Å². The molecule has 1 aromatic heterocycles. The van der Waals surface area contributed by atoms with Gasteiger partial charge in [-0.25, -0.2) is 0 Å². The van der Waals surface area contributed by atoms with E-state index in [4.69, 9.17) is 4.42 Å². The number of benzene rings is 10.